The number of methoxy groups -OCH3 is 1. The summed E-state index contributed by atoms with van der Waals surface area (Å²) in [7, 11) is 1.68. The maximum atomic E-state index is 11.6. The van der Waals surface area contributed by atoms with Gasteiger partial charge in [-0.05, 0) is 77.6 Å². The number of hydrogen-bond donors (Lipinski definition) is 2. The highest BCUT2D eigenvalue weighted by atomic mass is 79.9. The molecule has 1 rings (SSSR count). The first-order valence-corrected chi connectivity index (χ1v) is 9.48. The average Bonchev–Trinajstić information content (AvgIpc) is 2.45. The third-order valence-corrected chi connectivity index (χ3v) is 4.40. The lowest BCUT2D eigenvalue weighted by atomic mass is 10.1. The van der Waals surface area contributed by atoms with Crippen molar-refractivity contribution in [1.29, 1.82) is 0 Å². The molecule has 1 aromatic carbocycles. The van der Waals surface area contributed by atoms with Gasteiger partial charge in [-0.1, -0.05) is 6.07 Å². The minimum absolute atomic E-state index is 0.144. The van der Waals surface area contributed by atoms with Crippen molar-refractivity contribution in [2.24, 2.45) is 0 Å². The zero-order chi connectivity index (χ0) is 18.2. The van der Waals surface area contributed by atoms with E-state index >= 15 is 0 Å². The van der Waals surface area contributed by atoms with Crippen molar-refractivity contribution in [3.8, 4) is 0 Å². The van der Waals surface area contributed by atoms with Crippen molar-refractivity contribution in [2.75, 3.05) is 25.6 Å². The van der Waals surface area contributed by atoms with Crippen LogP contribution in [-0.4, -0.2) is 38.0 Å². The molecule has 5 nitrogen and oxygen atoms in total. The lowest BCUT2D eigenvalue weighted by Crippen LogP contribution is -2.34. The van der Waals surface area contributed by atoms with Crippen molar-refractivity contribution in [3.05, 3.63) is 27.1 Å². The smallest absolute Gasteiger partial charge is 0.407 e. The highest BCUT2D eigenvalue weighted by Crippen LogP contribution is 2.31. The minimum Gasteiger partial charge on any atom is -0.444 e. The van der Waals surface area contributed by atoms with Gasteiger partial charge in [0.25, 0.3) is 0 Å². The first-order valence-electron chi connectivity index (χ1n) is 7.89. The monoisotopic (exact) mass is 464 g/mol. The fourth-order valence-electron chi connectivity index (χ4n) is 2.09. The molecular weight excluding hydrogens is 440 g/mol. The molecule has 136 valence electrons. The Morgan fingerprint density at radius 3 is 2.42 bits per heavy atom. The summed E-state index contributed by atoms with van der Waals surface area (Å²) in [6.45, 7) is 6.69. The predicted octanol–water partition coefficient (Wildman–Crippen LogP) is 4.94. The number of carbonyl (C=O) groups excluding carboxylic acids is 1. The quantitative estimate of drug-likeness (QED) is 0.533. The van der Waals surface area contributed by atoms with Crippen LogP contribution < -0.4 is 10.6 Å². The Hall–Kier alpha value is -0.790. The van der Waals surface area contributed by atoms with Crippen molar-refractivity contribution in [1.82, 2.24) is 5.32 Å². The zero-order valence-corrected chi connectivity index (χ0v) is 17.8. The van der Waals surface area contributed by atoms with Crippen LogP contribution in [-0.2, 0) is 9.47 Å². The molecule has 0 saturated heterocycles. The largest absolute Gasteiger partial charge is 0.444 e. The van der Waals surface area contributed by atoms with Gasteiger partial charge >= 0.3 is 6.09 Å². The van der Waals surface area contributed by atoms with E-state index in [1.165, 1.54) is 0 Å². The molecule has 0 saturated carbocycles. The van der Waals surface area contributed by atoms with E-state index in [1.54, 1.807) is 7.11 Å². The number of carbonyl (C=O) groups is 1. The number of benzene rings is 1. The van der Waals surface area contributed by atoms with E-state index in [0.29, 0.717) is 13.2 Å². The summed E-state index contributed by atoms with van der Waals surface area (Å²) in [5.74, 6) is 0. The van der Waals surface area contributed by atoms with Crippen LogP contribution in [0.5, 0.6) is 0 Å². The van der Waals surface area contributed by atoms with Crippen LogP contribution in [0.3, 0.4) is 0 Å². The van der Waals surface area contributed by atoms with Gasteiger partial charge in [-0.15, -0.1) is 0 Å². The van der Waals surface area contributed by atoms with Gasteiger partial charge in [0.1, 0.15) is 5.60 Å². The lowest BCUT2D eigenvalue weighted by molar-refractivity contribution is 0.0526. The highest BCUT2D eigenvalue weighted by molar-refractivity contribution is 9.11. The Morgan fingerprint density at radius 2 is 1.88 bits per heavy atom. The standard InChI is InChI=1S/C17H26Br2N2O3/c1-17(2,3)24-16(22)20-10-6-7-12(11-23-4)21-15-13(18)8-5-9-14(15)19/h5,8-9,12,21H,6-7,10-11H2,1-4H3,(H,20,22). The summed E-state index contributed by atoms with van der Waals surface area (Å²) in [4.78, 5) is 11.6. The fourth-order valence-corrected chi connectivity index (χ4v) is 3.32. The summed E-state index contributed by atoms with van der Waals surface area (Å²) in [6.07, 6.45) is 1.30. The van der Waals surface area contributed by atoms with Gasteiger partial charge in [0, 0.05) is 28.6 Å². The molecule has 0 aromatic heterocycles. The molecule has 7 heteroatoms. The Bertz CT molecular complexity index is 513. The Balaban J connectivity index is 2.45. The molecule has 2 N–H and O–H groups in total. The highest BCUT2D eigenvalue weighted by Gasteiger charge is 2.16. The van der Waals surface area contributed by atoms with Crippen LogP contribution in [0.1, 0.15) is 33.6 Å². The summed E-state index contributed by atoms with van der Waals surface area (Å²) >= 11 is 7.10. The van der Waals surface area contributed by atoms with Gasteiger partial charge in [-0.2, -0.15) is 0 Å². The topological polar surface area (TPSA) is 59.6 Å². The SMILES string of the molecule is COCC(CCCNC(=O)OC(C)(C)C)Nc1c(Br)cccc1Br. The number of amides is 1. The molecule has 1 aromatic rings. The molecule has 24 heavy (non-hydrogen) atoms. The molecule has 0 radical (unpaired) electrons. The van der Waals surface area contributed by atoms with Crippen LogP contribution >= 0.6 is 31.9 Å². The molecule has 1 amide bonds. The van der Waals surface area contributed by atoms with Crippen LogP contribution in [0.4, 0.5) is 10.5 Å². The molecule has 0 bridgehead atoms. The van der Waals surface area contributed by atoms with Crippen molar-refractivity contribution in [2.45, 2.75) is 45.3 Å². The number of nitrogens with one attached hydrogen (secondary N) is 2. The minimum atomic E-state index is -0.476. The number of halogens is 2. The van der Waals surface area contributed by atoms with Crippen LogP contribution in [0.2, 0.25) is 0 Å². The molecule has 1 unspecified atom stereocenters. The van der Waals surface area contributed by atoms with E-state index in [2.05, 4.69) is 42.5 Å². The van der Waals surface area contributed by atoms with Crippen molar-refractivity contribution < 1.29 is 14.3 Å². The second kappa shape index (κ2) is 10.3. The van der Waals surface area contributed by atoms with Crippen LogP contribution in [0, 0.1) is 0 Å². The second-order valence-electron chi connectivity index (χ2n) is 6.46. The summed E-state index contributed by atoms with van der Waals surface area (Å²) in [6, 6.07) is 6.09. The van der Waals surface area contributed by atoms with E-state index in [4.69, 9.17) is 9.47 Å². The molecule has 0 aliphatic rings. The Labute approximate surface area is 161 Å². The number of hydrogen-bond acceptors (Lipinski definition) is 4. The number of alkyl carbamates (subject to hydrolysis) is 1. The molecule has 0 spiro atoms. The summed E-state index contributed by atoms with van der Waals surface area (Å²) in [5, 5.41) is 6.26. The van der Waals surface area contributed by atoms with Gasteiger partial charge in [0.05, 0.1) is 12.3 Å². The van der Waals surface area contributed by atoms with E-state index < -0.39 is 5.60 Å². The average molecular weight is 466 g/mol. The number of para-hydroxylation sites is 1. The van der Waals surface area contributed by atoms with Crippen LogP contribution in [0.15, 0.2) is 27.1 Å². The maximum Gasteiger partial charge on any atom is 0.407 e. The van der Waals surface area contributed by atoms with Crippen molar-refractivity contribution >= 4 is 43.6 Å². The summed E-state index contributed by atoms with van der Waals surface area (Å²) < 4.78 is 12.5. The van der Waals surface area contributed by atoms with Crippen LogP contribution in [0.25, 0.3) is 0 Å². The maximum absolute atomic E-state index is 11.6. The molecule has 0 fully saturated rings. The molecular formula is C17H26Br2N2O3. The van der Waals surface area contributed by atoms with E-state index in [1.807, 2.05) is 39.0 Å². The van der Waals surface area contributed by atoms with E-state index in [-0.39, 0.29) is 12.1 Å². The Morgan fingerprint density at radius 1 is 1.25 bits per heavy atom. The number of rotatable bonds is 8. The van der Waals surface area contributed by atoms with Gasteiger partial charge < -0.3 is 20.1 Å². The third kappa shape index (κ3) is 8.35. The molecule has 0 heterocycles. The van der Waals surface area contributed by atoms with E-state index in [0.717, 1.165) is 27.5 Å². The van der Waals surface area contributed by atoms with Gasteiger partial charge in [0.15, 0.2) is 0 Å². The molecule has 1 atom stereocenters. The van der Waals surface area contributed by atoms with Crippen molar-refractivity contribution in [3.63, 3.8) is 0 Å². The first kappa shape index (κ1) is 21.3. The summed E-state index contributed by atoms with van der Waals surface area (Å²) in [5.41, 5.74) is 0.524. The Kier molecular flexibility index (Phi) is 9.08. The lowest BCUT2D eigenvalue weighted by Gasteiger charge is -2.22. The predicted molar refractivity (Wildman–Crippen MR) is 105 cm³/mol. The van der Waals surface area contributed by atoms with Gasteiger partial charge in [-0.25, -0.2) is 4.79 Å². The zero-order valence-electron chi connectivity index (χ0n) is 14.6. The second-order valence-corrected chi connectivity index (χ2v) is 8.17. The normalized spacial score (nSPS) is 12.6. The fraction of sp³-hybridized carbons (Fsp3) is 0.588. The first-order chi connectivity index (χ1) is 11.2. The third-order valence-electron chi connectivity index (χ3n) is 3.08. The van der Waals surface area contributed by atoms with E-state index in [9.17, 15) is 4.79 Å². The van der Waals surface area contributed by atoms with Gasteiger partial charge in [0.2, 0.25) is 0 Å². The molecule has 0 aliphatic carbocycles. The molecule has 0 aliphatic heterocycles. The number of ether oxygens (including phenoxy) is 2. The van der Waals surface area contributed by atoms with Gasteiger partial charge in [-0.3, -0.25) is 0 Å². The number of anilines is 1.